The van der Waals surface area contributed by atoms with Crippen molar-refractivity contribution >= 4 is 0 Å². The number of hydrogen-bond acceptors (Lipinski definition) is 2. The van der Waals surface area contributed by atoms with Gasteiger partial charge in [0, 0.05) is 6.61 Å². The van der Waals surface area contributed by atoms with Crippen LogP contribution < -0.4 is 0 Å². The molecule has 0 radical (unpaired) electrons. The molecule has 2 rings (SSSR count). The summed E-state index contributed by atoms with van der Waals surface area (Å²) < 4.78 is 5.93. The van der Waals surface area contributed by atoms with Crippen LogP contribution in [0.1, 0.15) is 61.8 Å². The number of aliphatic hydroxyl groups excluding tert-OH is 1. The number of aliphatic hydroxyl groups is 1. The molecular formula is C18H28O2. The highest BCUT2D eigenvalue weighted by atomic mass is 16.5. The van der Waals surface area contributed by atoms with E-state index in [0.717, 1.165) is 5.56 Å². The Balaban J connectivity index is 2.18. The Morgan fingerprint density at radius 3 is 2.25 bits per heavy atom. The summed E-state index contributed by atoms with van der Waals surface area (Å²) in [5.74, 6) is 0.500. The van der Waals surface area contributed by atoms with Crippen LogP contribution in [-0.4, -0.2) is 17.8 Å². The molecule has 1 aliphatic rings. The first-order chi connectivity index (χ1) is 9.61. The van der Waals surface area contributed by atoms with Crippen LogP contribution in [0.2, 0.25) is 0 Å². The second-order valence-corrected chi connectivity index (χ2v) is 6.18. The molecule has 1 N–H and O–H groups in total. The molecule has 2 unspecified atom stereocenters. The Morgan fingerprint density at radius 2 is 1.70 bits per heavy atom. The zero-order valence-corrected chi connectivity index (χ0v) is 13.1. The summed E-state index contributed by atoms with van der Waals surface area (Å²) in [4.78, 5) is 0. The third-order valence-electron chi connectivity index (χ3n) is 4.37. The smallest absolute Gasteiger partial charge is 0.105 e. The summed E-state index contributed by atoms with van der Waals surface area (Å²) >= 11 is 0. The van der Waals surface area contributed by atoms with Crippen LogP contribution in [0, 0.1) is 19.8 Å². The van der Waals surface area contributed by atoms with Gasteiger partial charge in [-0.3, -0.25) is 0 Å². The van der Waals surface area contributed by atoms with E-state index in [0.29, 0.717) is 12.5 Å². The third kappa shape index (κ3) is 3.83. The number of hydrogen-bond donors (Lipinski definition) is 1. The average Bonchev–Trinajstić information content (AvgIpc) is 2.44. The summed E-state index contributed by atoms with van der Waals surface area (Å²) in [6.07, 6.45) is 5.69. The highest BCUT2D eigenvalue weighted by Crippen LogP contribution is 2.34. The lowest BCUT2D eigenvalue weighted by molar-refractivity contribution is -0.0739. The summed E-state index contributed by atoms with van der Waals surface area (Å²) in [6, 6.07) is 6.32. The van der Waals surface area contributed by atoms with Gasteiger partial charge < -0.3 is 9.84 Å². The van der Waals surface area contributed by atoms with Crippen molar-refractivity contribution in [3.63, 3.8) is 0 Å². The fraction of sp³-hybridized carbons (Fsp3) is 0.667. The van der Waals surface area contributed by atoms with E-state index < -0.39 is 6.10 Å². The fourth-order valence-electron chi connectivity index (χ4n) is 3.51. The van der Waals surface area contributed by atoms with E-state index in [-0.39, 0.29) is 6.10 Å². The van der Waals surface area contributed by atoms with Gasteiger partial charge in [0.2, 0.25) is 0 Å². The van der Waals surface area contributed by atoms with E-state index in [1.165, 1.54) is 43.2 Å². The maximum atomic E-state index is 10.8. The molecule has 1 saturated carbocycles. The van der Waals surface area contributed by atoms with Crippen LogP contribution in [0.4, 0.5) is 0 Å². The first kappa shape index (κ1) is 15.5. The van der Waals surface area contributed by atoms with Crippen LogP contribution in [0.15, 0.2) is 18.2 Å². The molecular weight excluding hydrogens is 248 g/mol. The van der Waals surface area contributed by atoms with E-state index in [2.05, 4.69) is 32.0 Å². The normalized spacial score (nSPS) is 19.8. The van der Waals surface area contributed by atoms with Crippen LogP contribution in [0.5, 0.6) is 0 Å². The van der Waals surface area contributed by atoms with Gasteiger partial charge in [-0.25, -0.2) is 0 Å². The minimum absolute atomic E-state index is 0.0542. The van der Waals surface area contributed by atoms with Gasteiger partial charge in [0.15, 0.2) is 0 Å². The Bertz CT molecular complexity index is 401. The highest BCUT2D eigenvalue weighted by molar-refractivity contribution is 5.30. The molecule has 1 aromatic carbocycles. The molecule has 1 aromatic rings. The summed E-state index contributed by atoms with van der Waals surface area (Å²) in [7, 11) is 0. The van der Waals surface area contributed by atoms with Crippen LogP contribution in [0.25, 0.3) is 0 Å². The molecule has 2 atom stereocenters. The third-order valence-corrected chi connectivity index (χ3v) is 4.37. The van der Waals surface area contributed by atoms with Crippen molar-refractivity contribution < 1.29 is 9.84 Å². The lowest BCUT2D eigenvalue weighted by Crippen LogP contribution is -2.32. The molecule has 0 spiro atoms. The van der Waals surface area contributed by atoms with Crippen molar-refractivity contribution in [2.45, 2.75) is 65.1 Å². The molecule has 0 aliphatic heterocycles. The first-order valence-electron chi connectivity index (χ1n) is 7.99. The van der Waals surface area contributed by atoms with Gasteiger partial charge in [0.05, 0.1) is 6.10 Å². The molecule has 0 amide bonds. The number of rotatable bonds is 5. The second kappa shape index (κ2) is 7.24. The summed E-state index contributed by atoms with van der Waals surface area (Å²) in [5, 5.41) is 10.8. The number of ether oxygens (including phenoxy) is 1. The van der Waals surface area contributed by atoms with Crippen molar-refractivity contribution in [1.82, 2.24) is 0 Å². The Kier molecular flexibility index (Phi) is 5.62. The van der Waals surface area contributed by atoms with Gasteiger partial charge in [-0.1, -0.05) is 48.6 Å². The lowest BCUT2D eigenvalue weighted by Gasteiger charge is -2.33. The number of aryl methyl sites for hydroxylation is 2. The van der Waals surface area contributed by atoms with Crippen molar-refractivity contribution in [3.05, 3.63) is 34.9 Å². The number of benzene rings is 1. The molecule has 0 bridgehead atoms. The van der Waals surface area contributed by atoms with Crippen molar-refractivity contribution in [2.75, 3.05) is 6.61 Å². The van der Waals surface area contributed by atoms with Crippen LogP contribution >= 0.6 is 0 Å². The Labute approximate surface area is 123 Å². The van der Waals surface area contributed by atoms with Gasteiger partial charge >= 0.3 is 0 Å². The minimum Gasteiger partial charge on any atom is -0.386 e. The fourth-order valence-corrected chi connectivity index (χ4v) is 3.51. The molecule has 2 heteroatoms. The topological polar surface area (TPSA) is 29.5 Å². The maximum absolute atomic E-state index is 10.8. The predicted octanol–water partition coefficient (Wildman–Crippen LogP) is 4.32. The van der Waals surface area contributed by atoms with E-state index in [1.807, 2.05) is 6.92 Å². The van der Waals surface area contributed by atoms with Crippen molar-refractivity contribution in [3.8, 4) is 0 Å². The van der Waals surface area contributed by atoms with E-state index in [9.17, 15) is 5.11 Å². The first-order valence-corrected chi connectivity index (χ1v) is 7.99. The maximum Gasteiger partial charge on any atom is 0.105 e. The molecule has 1 fully saturated rings. The predicted molar refractivity (Wildman–Crippen MR) is 82.9 cm³/mol. The zero-order valence-electron chi connectivity index (χ0n) is 13.1. The van der Waals surface area contributed by atoms with Gasteiger partial charge in [-0.2, -0.15) is 0 Å². The van der Waals surface area contributed by atoms with E-state index in [1.54, 1.807) is 0 Å². The molecule has 112 valence electrons. The molecule has 0 aromatic heterocycles. The van der Waals surface area contributed by atoms with Gasteiger partial charge in [-0.05, 0) is 45.1 Å². The van der Waals surface area contributed by atoms with Gasteiger partial charge in [-0.15, -0.1) is 0 Å². The Hall–Kier alpha value is -0.860. The summed E-state index contributed by atoms with van der Waals surface area (Å²) in [5.41, 5.74) is 3.42. The SMILES string of the molecule is CCOC(C1CCCCC1)C(O)c1cc(C)cc(C)c1. The molecule has 1 aliphatic carbocycles. The van der Waals surface area contributed by atoms with Crippen molar-refractivity contribution in [2.24, 2.45) is 5.92 Å². The molecule has 0 saturated heterocycles. The van der Waals surface area contributed by atoms with Gasteiger partial charge in [0.25, 0.3) is 0 Å². The van der Waals surface area contributed by atoms with Crippen LogP contribution in [0.3, 0.4) is 0 Å². The minimum atomic E-state index is -0.503. The van der Waals surface area contributed by atoms with Crippen molar-refractivity contribution in [1.29, 1.82) is 0 Å². The standard InChI is InChI=1S/C18H28O2/c1-4-20-18(15-8-6-5-7-9-15)17(19)16-11-13(2)10-14(3)12-16/h10-12,15,17-19H,4-9H2,1-3H3. The summed E-state index contributed by atoms with van der Waals surface area (Å²) in [6.45, 7) is 6.85. The monoisotopic (exact) mass is 276 g/mol. The van der Waals surface area contributed by atoms with E-state index >= 15 is 0 Å². The average molecular weight is 276 g/mol. The quantitative estimate of drug-likeness (QED) is 0.867. The largest absolute Gasteiger partial charge is 0.386 e. The molecule has 20 heavy (non-hydrogen) atoms. The van der Waals surface area contributed by atoms with Gasteiger partial charge in [0.1, 0.15) is 6.10 Å². The second-order valence-electron chi connectivity index (χ2n) is 6.18. The Morgan fingerprint density at radius 1 is 1.10 bits per heavy atom. The van der Waals surface area contributed by atoms with Crippen LogP contribution in [-0.2, 0) is 4.74 Å². The van der Waals surface area contributed by atoms with E-state index in [4.69, 9.17) is 4.74 Å². The lowest BCUT2D eigenvalue weighted by atomic mass is 9.81. The highest BCUT2D eigenvalue weighted by Gasteiger charge is 2.31. The molecule has 0 heterocycles. The molecule has 2 nitrogen and oxygen atoms in total. The zero-order chi connectivity index (χ0) is 14.5.